The first kappa shape index (κ1) is 24.1. The zero-order chi connectivity index (χ0) is 23.3. The van der Waals surface area contributed by atoms with Crippen molar-refractivity contribution in [2.24, 2.45) is 5.92 Å². The largest absolute Gasteiger partial charge is 0.416 e. The number of rotatable bonds is 7. The summed E-state index contributed by atoms with van der Waals surface area (Å²) < 4.78 is 39.8. The lowest BCUT2D eigenvalue weighted by Crippen LogP contribution is -2.53. The third-order valence-electron chi connectivity index (χ3n) is 4.41. The van der Waals surface area contributed by atoms with Gasteiger partial charge in [0.05, 0.1) is 12.2 Å². The highest BCUT2D eigenvalue weighted by atomic mass is 19.4. The molecule has 2 aromatic rings. The summed E-state index contributed by atoms with van der Waals surface area (Å²) in [4.78, 5) is 40.9. The van der Waals surface area contributed by atoms with Crippen molar-refractivity contribution in [3.05, 3.63) is 46.9 Å². The second kappa shape index (κ2) is 9.73. The van der Waals surface area contributed by atoms with Crippen LogP contribution in [-0.4, -0.2) is 44.8 Å². The van der Waals surface area contributed by atoms with Crippen molar-refractivity contribution in [2.45, 2.75) is 45.6 Å². The Kier molecular flexibility index (Phi) is 7.55. The summed E-state index contributed by atoms with van der Waals surface area (Å²) in [6.07, 6.45) is -6.56. The van der Waals surface area contributed by atoms with Crippen LogP contribution in [0.2, 0.25) is 0 Å². The van der Waals surface area contributed by atoms with Crippen LogP contribution >= 0.6 is 0 Å². The van der Waals surface area contributed by atoms with Crippen molar-refractivity contribution in [1.29, 1.82) is 0 Å². The van der Waals surface area contributed by atoms with Crippen molar-refractivity contribution < 1.29 is 27.9 Å². The van der Waals surface area contributed by atoms with E-state index in [1.165, 1.54) is 20.8 Å². The normalized spacial score (nSPS) is 13.5. The van der Waals surface area contributed by atoms with Crippen LogP contribution < -0.4 is 16.2 Å². The lowest BCUT2D eigenvalue weighted by atomic mass is 9.98. The summed E-state index contributed by atoms with van der Waals surface area (Å²) >= 11 is 0. The minimum Gasteiger partial charge on any atom is -0.382 e. The molecule has 0 aliphatic rings. The van der Waals surface area contributed by atoms with Gasteiger partial charge in [0.25, 0.3) is 5.56 Å². The molecule has 31 heavy (non-hydrogen) atoms. The smallest absolute Gasteiger partial charge is 0.382 e. The standard InChI is InChI=1S/C20H23F3N4O4/c1-11(2)16(17(30)20(21,22)23)26-15(29)10-27-18(13-7-5-4-6-8-13)24-9-14(19(27)31)25-12(3)28/h4-9,11,16-17,30H,10H2,1-3H3,(H,25,28)(H,26,29). The summed E-state index contributed by atoms with van der Waals surface area (Å²) in [6.45, 7) is 3.35. The molecular formula is C20H23F3N4O4. The molecule has 2 unspecified atom stereocenters. The predicted octanol–water partition coefficient (Wildman–Crippen LogP) is 1.93. The quantitative estimate of drug-likeness (QED) is 0.609. The molecule has 0 radical (unpaired) electrons. The van der Waals surface area contributed by atoms with Crippen LogP contribution in [0.25, 0.3) is 11.4 Å². The molecule has 0 saturated carbocycles. The minimum atomic E-state index is -4.93. The molecule has 1 aromatic heterocycles. The van der Waals surface area contributed by atoms with Crippen LogP contribution in [0.1, 0.15) is 20.8 Å². The van der Waals surface area contributed by atoms with Crippen molar-refractivity contribution in [3.8, 4) is 11.4 Å². The molecule has 2 rings (SSSR count). The van der Waals surface area contributed by atoms with Crippen molar-refractivity contribution in [1.82, 2.24) is 14.9 Å². The van der Waals surface area contributed by atoms with Crippen LogP contribution in [0.5, 0.6) is 0 Å². The van der Waals surface area contributed by atoms with Gasteiger partial charge in [-0.2, -0.15) is 13.2 Å². The molecule has 2 atom stereocenters. The number of amides is 2. The zero-order valence-corrected chi connectivity index (χ0v) is 17.1. The van der Waals surface area contributed by atoms with E-state index in [-0.39, 0.29) is 11.5 Å². The van der Waals surface area contributed by atoms with Gasteiger partial charge in [0.1, 0.15) is 18.1 Å². The number of aromatic nitrogens is 2. The van der Waals surface area contributed by atoms with Gasteiger partial charge in [0.2, 0.25) is 11.8 Å². The second-order valence-electron chi connectivity index (χ2n) is 7.26. The van der Waals surface area contributed by atoms with Gasteiger partial charge in [-0.1, -0.05) is 44.2 Å². The van der Waals surface area contributed by atoms with E-state index in [9.17, 15) is 32.7 Å². The Morgan fingerprint density at radius 3 is 2.32 bits per heavy atom. The average Bonchev–Trinajstić information content (AvgIpc) is 2.68. The Morgan fingerprint density at radius 2 is 1.81 bits per heavy atom. The molecular weight excluding hydrogens is 417 g/mol. The fourth-order valence-electron chi connectivity index (χ4n) is 2.92. The molecule has 1 aromatic carbocycles. The van der Waals surface area contributed by atoms with Gasteiger partial charge in [-0.25, -0.2) is 4.98 Å². The maximum Gasteiger partial charge on any atom is 0.416 e. The number of benzene rings is 1. The maximum absolute atomic E-state index is 13.0. The third kappa shape index (κ3) is 6.14. The number of carbonyl (C=O) groups is 2. The van der Waals surface area contributed by atoms with Crippen LogP contribution in [0.3, 0.4) is 0 Å². The minimum absolute atomic E-state index is 0.0901. The van der Waals surface area contributed by atoms with Crippen LogP contribution in [0, 0.1) is 5.92 Å². The summed E-state index contributed by atoms with van der Waals surface area (Å²) in [7, 11) is 0. The number of alkyl halides is 3. The fourth-order valence-corrected chi connectivity index (χ4v) is 2.92. The topological polar surface area (TPSA) is 113 Å². The lowest BCUT2D eigenvalue weighted by Gasteiger charge is -2.29. The van der Waals surface area contributed by atoms with Crippen molar-refractivity contribution in [2.75, 3.05) is 5.32 Å². The number of aliphatic hydroxyl groups is 1. The van der Waals surface area contributed by atoms with E-state index in [1.807, 2.05) is 0 Å². The van der Waals surface area contributed by atoms with Crippen molar-refractivity contribution in [3.63, 3.8) is 0 Å². The number of hydrogen-bond acceptors (Lipinski definition) is 5. The molecule has 11 heteroatoms. The van der Waals surface area contributed by atoms with Crippen molar-refractivity contribution >= 4 is 17.5 Å². The zero-order valence-electron chi connectivity index (χ0n) is 17.1. The first-order valence-corrected chi connectivity index (χ1v) is 9.38. The summed E-state index contributed by atoms with van der Waals surface area (Å²) in [5.74, 6) is -2.11. The van der Waals surface area contributed by atoms with Crippen LogP contribution in [-0.2, 0) is 16.1 Å². The second-order valence-corrected chi connectivity index (χ2v) is 7.26. The highest BCUT2D eigenvalue weighted by molar-refractivity contribution is 5.88. The molecule has 8 nitrogen and oxygen atoms in total. The van der Waals surface area contributed by atoms with Gasteiger partial charge < -0.3 is 15.7 Å². The Bertz CT molecular complexity index is 990. The summed E-state index contributed by atoms with van der Waals surface area (Å²) in [6, 6.07) is 6.76. The molecule has 0 bridgehead atoms. The molecule has 0 saturated heterocycles. The first-order chi connectivity index (χ1) is 14.4. The summed E-state index contributed by atoms with van der Waals surface area (Å²) in [5.41, 5.74) is -0.454. The molecule has 0 aliphatic heterocycles. The third-order valence-corrected chi connectivity index (χ3v) is 4.41. The van der Waals surface area contributed by atoms with E-state index < -0.39 is 48.2 Å². The number of carbonyl (C=O) groups excluding carboxylic acids is 2. The Balaban J connectivity index is 2.42. The van der Waals surface area contributed by atoms with Crippen LogP contribution in [0.4, 0.5) is 18.9 Å². The molecule has 0 aliphatic carbocycles. The van der Waals surface area contributed by atoms with E-state index in [0.717, 1.165) is 10.8 Å². The van der Waals surface area contributed by atoms with Gasteiger partial charge in [-0.05, 0) is 5.92 Å². The van der Waals surface area contributed by atoms with E-state index in [2.05, 4.69) is 15.6 Å². The highest BCUT2D eigenvalue weighted by Crippen LogP contribution is 2.25. The van der Waals surface area contributed by atoms with E-state index in [1.54, 1.807) is 30.3 Å². The Morgan fingerprint density at radius 1 is 1.19 bits per heavy atom. The average molecular weight is 440 g/mol. The molecule has 0 spiro atoms. The number of anilines is 1. The fraction of sp³-hybridized carbons (Fsp3) is 0.400. The number of aliphatic hydroxyl groups excluding tert-OH is 1. The SMILES string of the molecule is CC(=O)Nc1cnc(-c2ccccc2)n(CC(=O)NC(C(C)C)C(O)C(F)(F)F)c1=O. The Labute approximate surface area is 176 Å². The van der Waals surface area contributed by atoms with Gasteiger partial charge in [0.15, 0.2) is 6.10 Å². The first-order valence-electron chi connectivity index (χ1n) is 9.38. The van der Waals surface area contributed by atoms with Crippen LogP contribution in [0.15, 0.2) is 41.3 Å². The Hall–Kier alpha value is -3.21. The lowest BCUT2D eigenvalue weighted by molar-refractivity contribution is -0.215. The van der Waals surface area contributed by atoms with Gasteiger partial charge >= 0.3 is 6.18 Å². The molecule has 2 amide bonds. The van der Waals surface area contributed by atoms with E-state index in [0.29, 0.717) is 5.56 Å². The monoisotopic (exact) mass is 440 g/mol. The van der Waals surface area contributed by atoms with Gasteiger partial charge in [-0.15, -0.1) is 0 Å². The van der Waals surface area contributed by atoms with E-state index in [4.69, 9.17) is 0 Å². The maximum atomic E-state index is 13.0. The predicted molar refractivity (Wildman–Crippen MR) is 107 cm³/mol. The van der Waals surface area contributed by atoms with Gasteiger partial charge in [-0.3, -0.25) is 19.0 Å². The number of nitrogens with one attached hydrogen (secondary N) is 2. The molecule has 0 fully saturated rings. The summed E-state index contributed by atoms with van der Waals surface area (Å²) in [5, 5.41) is 14.1. The van der Waals surface area contributed by atoms with E-state index >= 15 is 0 Å². The number of hydrogen-bond donors (Lipinski definition) is 3. The molecule has 168 valence electrons. The highest BCUT2D eigenvalue weighted by Gasteiger charge is 2.45. The van der Waals surface area contributed by atoms with Gasteiger partial charge in [0, 0.05) is 12.5 Å². The number of halogens is 3. The molecule has 3 N–H and O–H groups in total. The number of nitrogens with zero attached hydrogens (tertiary/aromatic N) is 2. The molecule has 1 heterocycles.